The molecule has 4 saturated heterocycles. The monoisotopic (exact) mass is 384 g/mol. The van der Waals surface area contributed by atoms with Crippen LogP contribution < -0.4 is 4.90 Å². The van der Waals surface area contributed by atoms with Gasteiger partial charge in [0, 0.05) is 64.2 Å². The second kappa shape index (κ2) is 7.95. The molecule has 0 radical (unpaired) electrons. The molecular weight excluding hydrogens is 352 g/mol. The van der Waals surface area contributed by atoms with Crippen LogP contribution in [0.25, 0.3) is 0 Å². The Hall–Kier alpha value is -1.73. The van der Waals surface area contributed by atoms with E-state index in [-0.39, 0.29) is 0 Å². The summed E-state index contributed by atoms with van der Waals surface area (Å²) in [6.45, 7) is 8.59. The van der Waals surface area contributed by atoms with E-state index >= 15 is 0 Å². The SMILES string of the molecule is O=C(CN1CCN(c2ncccn2)CC1)N1C[C@@H]2C[C@H](C1)[C@@H]1CCCCN1C2. The standard InChI is InChI=1S/C21H32N6O/c28-20(16-24-8-10-25(11-9-24)21-22-5-3-6-23-21)27-14-17-12-18(15-27)19-4-1-2-7-26(19)13-17/h3,5-6,17-19H,1-2,4,7-16H2/t17-,18-,19+/m1/s1. The van der Waals surface area contributed by atoms with Crippen LogP contribution in [-0.2, 0) is 4.79 Å². The zero-order valence-electron chi connectivity index (χ0n) is 16.7. The van der Waals surface area contributed by atoms with Crippen LogP contribution in [0.3, 0.4) is 0 Å². The van der Waals surface area contributed by atoms with Crippen LogP contribution in [0.5, 0.6) is 0 Å². The summed E-state index contributed by atoms with van der Waals surface area (Å²) in [7, 11) is 0. The van der Waals surface area contributed by atoms with Crippen molar-refractivity contribution in [2.75, 3.05) is 63.8 Å². The van der Waals surface area contributed by atoms with Gasteiger partial charge in [-0.3, -0.25) is 14.6 Å². The van der Waals surface area contributed by atoms with E-state index in [1.54, 1.807) is 12.4 Å². The second-order valence-electron chi connectivity index (χ2n) is 9.03. The van der Waals surface area contributed by atoms with Gasteiger partial charge in [-0.05, 0) is 43.7 Å². The number of rotatable bonds is 3. The molecule has 7 nitrogen and oxygen atoms in total. The highest BCUT2D eigenvalue weighted by Crippen LogP contribution is 2.37. The molecule has 0 aliphatic carbocycles. The molecule has 28 heavy (non-hydrogen) atoms. The lowest BCUT2D eigenvalue weighted by Gasteiger charge is -2.52. The molecule has 1 aromatic heterocycles. The highest BCUT2D eigenvalue weighted by Gasteiger charge is 2.42. The molecule has 1 aromatic rings. The normalized spacial score (nSPS) is 31.5. The summed E-state index contributed by atoms with van der Waals surface area (Å²) in [5.74, 6) is 2.52. The third kappa shape index (κ3) is 3.74. The molecule has 0 unspecified atom stereocenters. The summed E-state index contributed by atoms with van der Waals surface area (Å²) in [5, 5.41) is 0. The Morgan fingerprint density at radius 1 is 1.00 bits per heavy atom. The Bertz CT molecular complexity index is 677. The molecule has 5 heterocycles. The number of hydrogen-bond acceptors (Lipinski definition) is 6. The Morgan fingerprint density at radius 2 is 1.82 bits per heavy atom. The van der Waals surface area contributed by atoms with Crippen molar-refractivity contribution in [2.45, 2.75) is 31.7 Å². The molecule has 0 saturated carbocycles. The number of carbonyl (C=O) groups excluding carboxylic acids is 1. The minimum Gasteiger partial charge on any atom is -0.341 e. The predicted octanol–water partition coefficient (Wildman–Crippen LogP) is 0.931. The van der Waals surface area contributed by atoms with Gasteiger partial charge in [0.2, 0.25) is 11.9 Å². The number of piperazine rings is 1. The maximum atomic E-state index is 13.0. The van der Waals surface area contributed by atoms with Gasteiger partial charge >= 0.3 is 0 Å². The molecule has 152 valence electrons. The zero-order chi connectivity index (χ0) is 18.9. The number of aromatic nitrogens is 2. The van der Waals surface area contributed by atoms with Crippen molar-refractivity contribution >= 4 is 11.9 Å². The van der Waals surface area contributed by atoms with Gasteiger partial charge in [-0.15, -0.1) is 0 Å². The van der Waals surface area contributed by atoms with Crippen LogP contribution in [0.15, 0.2) is 18.5 Å². The fourth-order valence-electron chi connectivity index (χ4n) is 5.82. The summed E-state index contributed by atoms with van der Waals surface area (Å²) in [6, 6.07) is 2.58. The van der Waals surface area contributed by atoms with Gasteiger partial charge < -0.3 is 9.80 Å². The average Bonchev–Trinajstić information content (AvgIpc) is 2.75. The summed E-state index contributed by atoms with van der Waals surface area (Å²) in [4.78, 5) is 31.2. The molecule has 3 atom stereocenters. The summed E-state index contributed by atoms with van der Waals surface area (Å²) < 4.78 is 0. The van der Waals surface area contributed by atoms with Gasteiger partial charge in [0.25, 0.3) is 0 Å². The molecule has 0 N–H and O–H groups in total. The molecule has 7 heteroatoms. The first kappa shape index (κ1) is 18.3. The quantitative estimate of drug-likeness (QED) is 0.773. The minimum atomic E-state index is 0.336. The summed E-state index contributed by atoms with van der Waals surface area (Å²) in [5.41, 5.74) is 0. The molecule has 0 aromatic carbocycles. The number of nitrogens with zero attached hydrogens (tertiary/aromatic N) is 6. The smallest absolute Gasteiger partial charge is 0.236 e. The minimum absolute atomic E-state index is 0.336. The largest absolute Gasteiger partial charge is 0.341 e. The maximum Gasteiger partial charge on any atom is 0.236 e. The third-order valence-corrected chi connectivity index (χ3v) is 7.19. The fourth-order valence-corrected chi connectivity index (χ4v) is 5.82. The predicted molar refractivity (Wildman–Crippen MR) is 108 cm³/mol. The fraction of sp³-hybridized carbons (Fsp3) is 0.762. The Morgan fingerprint density at radius 3 is 2.64 bits per heavy atom. The first-order valence-corrected chi connectivity index (χ1v) is 11.0. The van der Waals surface area contributed by atoms with E-state index < -0.39 is 0 Å². The Labute approximate surface area is 167 Å². The van der Waals surface area contributed by atoms with Gasteiger partial charge in [0.05, 0.1) is 6.54 Å². The second-order valence-corrected chi connectivity index (χ2v) is 9.03. The number of likely N-dealkylation sites (tertiary alicyclic amines) is 1. The van der Waals surface area contributed by atoms with Crippen molar-refractivity contribution < 1.29 is 4.79 Å². The highest BCUT2D eigenvalue weighted by molar-refractivity contribution is 5.78. The van der Waals surface area contributed by atoms with Gasteiger partial charge in [-0.1, -0.05) is 6.42 Å². The van der Waals surface area contributed by atoms with Crippen molar-refractivity contribution in [3.8, 4) is 0 Å². The molecule has 5 rings (SSSR count). The zero-order valence-corrected chi connectivity index (χ0v) is 16.7. The molecule has 4 aliphatic rings. The molecule has 0 spiro atoms. The molecule has 4 fully saturated rings. The van der Waals surface area contributed by atoms with Crippen LogP contribution in [-0.4, -0.2) is 95.5 Å². The van der Waals surface area contributed by atoms with Crippen LogP contribution in [0, 0.1) is 11.8 Å². The third-order valence-electron chi connectivity index (χ3n) is 7.19. The molecular formula is C21H32N6O. The van der Waals surface area contributed by atoms with Crippen molar-refractivity contribution in [3.63, 3.8) is 0 Å². The molecule has 1 amide bonds. The van der Waals surface area contributed by atoms with E-state index in [0.717, 1.165) is 51.3 Å². The summed E-state index contributed by atoms with van der Waals surface area (Å²) >= 11 is 0. The van der Waals surface area contributed by atoms with E-state index in [1.165, 1.54) is 38.8 Å². The topological polar surface area (TPSA) is 55.8 Å². The van der Waals surface area contributed by atoms with E-state index in [0.29, 0.717) is 24.3 Å². The highest BCUT2D eigenvalue weighted by atomic mass is 16.2. The van der Waals surface area contributed by atoms with Gasteiger partial charge in [-0.25, -0.2) is 9.97 Å². The molecule has 2 bridgehead atoms. The van der Waals surface area contributed by atoms with E-state index in [9.17, 15) is 4.79 Å². The summed E-state index contributed by atoms with van der Waals surface area (Å²) in [6.07, 6.45) is 8.98. The van der Waals surface area contributed by atoms with Gasteiger partial charge in [0.1, 0.15) is 0 Å². The average molecular weight is 385 g/mol. The van der Waals surface area contributed by atoms with Crippen molar-refractivity contribution in [1.29, 1.82) is 0 Å². The van der Waals surface area contributed by atoms with E-state index in [2.05, 4.69) is 29.6 Å². The Balaban J connectivity index is 1.14. The number of anilines is 1. The van der Waals surface area contributed by atoms with Crippen LogP contribution >= 0.6 is 0 Å². The first-order chi connectivity index (χ1) is 13.8. The lowest BCUT2D eigenvalue weighted by molar-refractivity contribution is -0.139. The van der Waals surface area contributed by atoms with Crippen molar-refractivity contribution in [1.82, 2.24) is 24.7 Å². The number of carbonyl (C=O) groups is 1. The van der Waals surface area contributed by atoms with E-state index in [1.807, 2.05) is 6.07 Å². The Kier molecular flexibility index (Phi) is 5.20. The number of hydrogen-bond donors (Lipinski definition) is 0. The lowest BCUT2D eigenvalue weighted by Crippen LogP contribution is -2.60. The van der Waals surface area contributed by atoms with Gasteiger partial charge in [0.15, 0.2) is 0 Å². The van der Waals surface area contributed by atoms with Crippen LogP contribution in [0.1, 0.15) is 25.7 Å². The first-order valence-electron chi connectivity index (χ1n) is 11.0. The maximum absolute atomic E-state index is 13.0. The number of amides is 1. The lowest BCUT2D eigenvalue weighted by atomic mass is 9.76. The van der Waals surface area contributed by atoms with Crippen molar-refractivity contribution in [3.05, 3.63) is 18.5 Å². The van der Waals surface area contributed by atoms with Crippen LogP contribution in [0.4, 0.5) is 5.95 Å². The van der Waals surface area contributed by atoms with Gasteiger partial charge in [-0.2, -0.15) is 0 Å². The van der Waals surface area contributed by atoms with Crippen molar-refractivity contribution in [2.24, 2.45) is 11.8 Å². The van der Waals surface area contributed by atoms with Crippen LogP contribution in [0.2, 0.25) is 0 Å². The number of piperidine rings is 3. The number of fused-ring (bicyclic) bond motifs is 4. The molecule has 4 aliphatic heterocycles. The van der Waals surface area contributed by atoms with E-state index in [4.69, 9.17) is 0 Å².